The first-order valence-corrected chi connectivity index (χ1v) is 10.5. The minimum Gasteiger partial charge on any atom is -0.497 e. The maximum Gasteiger partial charge on any atom is 0.266 e. The molecule has 0 bridgehead atoms. The van der Waals surface area contributed by atoms with Crippen LogP contribution in [0, 0.1) is 6.92 Å². The van der Waals surface area contributed by atoms with Gasteiger partial charge in [-0.1, -0.05) is 65.3 Å². The quantitative estimate of drug-likeness (QED) is 0.451. The lowest BCUT2D eigenvalue weighted by Gasteiger charge is -2.24. The smallest absolute Gasteiger partial charge is 0.266 e. The van der Waals surface area contributed by atoms with E-state index in [1.165, 1.54) is 5.56 Å². The summed E-state index contributed by atoms with van der Waals surface area (Å²) in [5.74, 6) is 0.748. The van der Waals surface area contributed by atoms with Gasteiger partial charge in [-0.15, -0.1) is 0 Å². The molecule has 0 aromatic heterocycles. The minimum absolute atomic E-state index is 0.0132. The Labute approximate surface area is 180 Å². The summed E-state index contributed by atoms with van der Waals surface area (Å²) >= 11 is 7.55. The third-order valence-electron chi connectivity index (χ3n) is 4.78. The molecule has 3 aromatic carbocycles. The topological polar surface area (TPSA) is 29.5 Å². The van der Waals surface area contributed by atoms with Gasteiger partial charge in [-0.25, -0.2) is 0 Å². The van der Waals surface area contributed by atoms with Crippen molar-refractivity contribution in [3.05, 3.63) is 99.4 Å². The number of ether oxygens (including phenoxy) is 1. The number of nitrogens with zero attached hydrogens (tertiary/aromatic N) is 1. The zero-order valence-electron chi connectivity index (χ0n) is 16.1. The zero-order chi connectivity index (χ0) is 20.4. The van der Waals surface area contributed by atoms with Gasteiger partial charge in [0.2, 0.25) is 0 Å². The molecule has 1 amide bonds. The van der Waals surface area contributed by atoms with Crippen LogP contribution in [0.5, 0.6) is 5.75 Å². The normalized spacial score (nSPS) is 17.8. The van der Waals surface area contributed by atoms with Crippen LogP contribution >= 0.6 is 23.4 Å². The Morgan fingerprint density at radius 1 is 0.966 bits per heavy atom. The van der Waals surface area contributed by atoms with Crippen LogP contribution in [0.25, 0.3) is 6.08 Å². The average Bonchev–Trinajstić information content (AvgIpc) is 3.06. The molecule has 0 N–H and O–H groups in total. The molecule has 3 nitrogen and oxygen atoms in total. The minimum atomic E-state index is -0.130. The van der Waals surface area contributed by atoms with Crippen molar-refractivity contribution in [2.45, 2.75) is 12.3 Å². The fourth-order valence-corrected chi connectivity index (χ4v) is 4.58. The molecule has 1 aliphatic rings. The molecule has 4 rings (SSSR count). The monoisotopic (exact) mass is 421 g/mol. The molecule has 0 radical (unpaired) electrons. The van der Waals surface area contributed by atoms with E-state index in [1.54, 1.807) is 18.9 Å². The summed E-state index contributed by atoms with van der Waals surface area (Å²) < 4.78 is 5.26. The molecule has 0 spiro atoms. The number of benzene rings is 3. The highest BCUT2D eigenvalue weighted by molar-refractivity contribution is 8.05. The highest BCUT2D eigenvalue weighted by Crippen LogP contribution is 2.48. The molecule has 0 saturated carbocycles. The van der Waals surface area contributed by atoms with Crippen molar-refractivity contribution in [1.82, 2.24) is 0 Å². The molecule has 1 saturated heterocycles. The van der Waals surface area contributed by atoms with Gasteiger partial charge in [-0.2, -0.15) is 0 Å². The molecule has 1 atom stereocenters. The Bertz CT molecular complexity index is 1040. The Kier molecular flexibility index (Phi) is 5.65. The van der Waals surface area contributed by atoms with Crippen LogP contribution in [0.3, 0.4) is 0 Å². The summed E-state index contributed by atoms with van der Waals surface area (Å²) in [6, 6.07) is 23.4. The largest absolute Gasteiger partial charge is 0.497 e. The van der Waals surface area contributed by atoms with Gasteiger partial charge in [0, 0.05) is 10.7 Å². The summed E-state index contributed by atoms with van der Waals surface area (Å²) in [5.41, 5.74) is 4.07. The van der Waals surface area contributed by atoms with Crippen LogP contribution in [-0.2, 0) is 4.79 Å². The second-order valence-corrected chi connectivity index (χ2v) is 8.37. The Morgan fingerprint density at radius 3 is 2.24 bits per heavy atom. The van der Waals surface area contributed by atoms with Crippen LogP contribution in [0.4, 0.5) is 5.69 Å². The van der Waals surface area contributed by atoms with Crippen molar-refractivity contribution in [3.63, 3.8) is 0 Å². The number of amides is 1. The van der Waals surface area contributed by atoms with Gasteiger partial charge < -0.3 is 4.74 Å². The van der Waals surface area contributed by atoms with Gasteiger partial charge in [-0.05, 0) is 60.5 Å². The summed E-state index contributed by atoms with van der Waals surface area (Å²) in [7, 11) is 1.63. The van der Waals surface area contributed by atoms with Gasteiger partial charge >= 0.3 is 0 Å². The van der Waals surface area contributed by atoms with Crippen LogP contribution in [0.15, 0.2) is 77.7 Å². The van der Waals surface area contributed by atoms with Crippen LogP contribution in [0.2, 0.25) is 5.02 Å². The first kappa shape index (κ1) is 19.6. The van der Waals surface area contributed by atoms with E-state index in [9.17, 15) is 4.79 Å². The maximum absolute atomic E-state index is 13.4. The molecule has 0 aliphatic carbocycles. The van der Waals surface area contributed by atoms with E-state index in [2.05, 4.69) is 31.2 Å². The predicted molar refractivity (Wildman–Crippen MR) is 121 cm³/mol. The first-order chi connectivity index (χ1) is 14.0. The molecule has 1 unspecified atom stereocenters. The van der Waals surface area contributed by atoms with E-state index in [4.69, 9.17) is 16.3 Å². The predicted octanol–water partition coefficient (Wildman–Crippen LogP) is 6.48. The summed E-state index contributed by atoms with van der Waals surface area (Å²) in [6.07, 6.45) is 1.92. The van der Waals surface area contributed by atoms with Crippen molar-refractivity contribution < 1.29 is 9.53 Å². The average molecular weight is 422 g/mol. The van der Waals surface area contributed by atoms with E-state index < -0.39 is 0 Å². The van der Waals surface area contributed by atoms with Crippen LogP contribution in [0.1, 0.15) is 22.1 Å². The van der Waals surface area contributed by atoms with E-state index in [-0.39, 0.29) is 11.3 Å². The number of carbonyl (C=O) groups excluding carboxylic acids is 1. The fourth-order valence-electron chi connectivity index (χ4n) is 3.20. The van der Waals surface area contributed by atoms with E-state index in [0.29, 0.717) is 9.93 Å². The number of methoxy groups -OCH3 is 1. The second-order valence-electron chi connectivity index (χ2n) is 6.81. The molecule has 1 fully saturated rings. The molecular formula is C24H20ClNO2S. The highest BCUT2D eigenvalue weighted by Gasteiger charge is 2.38. The molecule has 146 valence electrons. The van der Waals surface area contributed by atoms with Gasteiger partial charge in [0.25, 0.3) is 5.91 Å². The Balaban J connectivity index is 1.74. The van der Waals surface area contributed by atoms with E-state index >= 15 is 0 Å². The van der Waals surface area contributed by atoms with Crippen molar-refractivity contribution in [2.24, 2.45) is 0 Å². The number of hydrogen-bond acceptors (Lipinski definition) is 3. The van der Waals surface area contributed by atoms with Crippen molar-refractivity contribution in [1.29, 1.82) is 0 Å². The van der Waals surface area contributed by atoms with Crippen molar-refractivity contribution in [3.8, 4) is 5.75 Å². The molecule has 1 aliphatic heterocycles. The third-order valence-corrected chi connectivity index (χ3v) is 6.29. The van der Waals surface area contributed by atoms with Gasteiger partial charge in [0.1, 0.15) is 11.1 Å². The van der Waals surface area contributed by atoms with Crippen LogP contribution in [-0.4, -0.2) is 13.0 Å². The molecule has 5 heteroatoms. The number of aryl methyl sites for hydroxylation is 1. The van der Waals surface area contributed by atoms with Gasteiger partial charge in [0.05, 0.1) is 12.0 Å². The first-order valence-electron chi connectivity index (χ1n) is 9.23. The third kappa shape index (κ3) is 4.19. The summed E-state index contributed by atoms with van der Waals surface area (Å²) in [6.45, 7) is 2.06. The zero-order valence-corrected chi connectivity index (χ0v) is 17.7. The number of anilines is 1. The maximum atomic E-state index is 13.4. The molecule has 3 aromatic rings. The lowest BCUT2D eigenvalue weighted by Crippen LogP contribution is -2.27. The molecule has 1 heterocycles. The number of rotatable bonds is 4. The standard InChI is InChI=1S/C24H20ClNO2S/c1-16-3-7-18(8-4-16)24-26(20-11-13-21(28-2)14-12-20)23(27)22(29-24)15-17-5-9-19(25)10-6-17/h3-15,24H,1-2H3. The van der Waals surface area contributed by atoms with Crippen molar-refractivity contribution >= 4 is 41.0 Å². The SMILES string of the molecule is COc1ccc(N2C(=O)C(=Cc3ccc(Cl)cc3)SC2c2ccc(C)cc2)cc1. The number of thioether (sulfide) groups is 1. The summed E-state index contributed by atoms with van der Waals surface area (Å²) in [5, 5.41) is 0.546. The fraction of sp³-hybridized carbons (Fsp3) is 0.125. The van der Waals surface area contributed by atoms with Gasteiger partial charge in [-0.3, -0.25) is 9.69 Å². The highest BCUT2D eigenvalue weighted by atomic mass is 35.5. The molecule has 29 heavy (non-hydrogen) atoms. The molecular weight excluding hydrogens is 402 g/mol. The second kappa shape index (κ2) is 8.36. The van der Waals surface area contributed by atoms with E-state index in [0.717, 1.165) is 22.6 Å². The number of carbonyl (C=O) groups is 1. The number of hydrogen-bond donors (Lipinski definition) is 0. The number of halogens is 1. The van der Waals surface area contributed by atoms with Crippen molar-refractivity contribution in [2.75, 3.05) is 12.0 Å². The van der Waals surface area contributed by atoms with E-state index in [1.807, 2.05) is 59.5 Å². The van der Waals surface area contributed by atoms with Gasteiger partial charge in [0.15, 0.2) is 0 Å². The Hall–Kier alpha value is -2.69. The lowest BCUT2D eigenvalue weighted by molar-refractivity contribution is -0.114. The van der Waals surface area contributed by atoms with Crippen LogP contribution < -0.4 is 9.64 Å². The lowest BCUT2D eigenvalue weighted by atomic mass is 10.1. The Morgan fingerprint density at radius 2 is 1.62 bits per heavy atom. The summed E-state index contributed by atoms with van der Waals surface area (Å²) in [4.78, 5) is 15.9.